The van der Waals surface area contributed by atoms with Crippen LogP contribution < -0.4 is 5.73 Å². The number of anilines is 1. The normalized spacial score (nSPS) is 15.7. The van der Waals surface area contributed by atoms with Gasteiger partial charge in [0.15, 0.2) is 5.78 Å². The topological polar surface area (TPSA) is 56.0 Å². The van der Waals surface area contributed by atoms with Crippen molar-refractivity contribution in [3.05, 3.63) is 34.5 Å². The number of ketones is 1. The van der Waals surface area contributed by atoms with E-state index >= 15 is 0 Å². The summed E-state index contributed by atoms with van der Waals surface area (Å²) in [5, 5.41) is 0.439. The van der Waals surface area contributed by atoms with E-state index in [0.717, 1.165) is 31.3 Å². The van der Waals surface area contributed by atoms with Gasteiger partial charge < -0.3 is 5.73 Å². The minimum atomic E-state index is -0.0350. The maximum absolute atomic E-state index is 12.1. The van der Waals surface area contributed by atoms with Crippen molar-refractivity contribution in [2.45, 2.75) is 25.7 Å². The van der Waals surface area contributed by atoms with Gasteiger partial charge in [0.1, 0.15) is 5.82 Å². The zero-order valence-corrected chi connectivity index (χ0v) is 9.63. The number of carbonyl (C=O) groups is 1. The van der Waals surface area contributed by atoms with Crippen LogP contribution in [0.15, 0.2) is 23.9 Å². The van der Waals surface area contributed by atoms with E-state index < -0.39 is 0 Å². The highest BCUT2D eigenvalue weighted by atomic mass is 35.5. The van der Waals surface area contributed by atoms with Crippen LogP contribution in [0.1, 0.15) is 36.0 Å². The van der Waals surface area contributed by atoms with Crippen LogP contribution in [0.5, 0.6) is 0 Å². The molecule has 0 unspecified atom stereocenters. The van der Waals surface area contributed by atoms with Crippen LogP contribution in [0.2, 0.25) is 5.02 Å². The third kappa shape index (κ3) is 2.25. The zero-order valence-electron chi connectivity index (χ0n) is 8.87. The molecule has 1 aliphatic rings. The highest BCUT2D eigenvalue weighted by Gasteiger charge is 2.17. The van der Waals surface area contributed by atoms with Gasteiger partial charge in [-0.15, -0.1) is 0 Å². The lowest BCUT2D eigenvalue weighted by molar-refractivity contribution is 0.102. The Kier molecular flexibility index (Phi) is 3.25. The molecule has 16 heavy (non-hydrogen) atoms. The second-order valence-corrected chi connectivity index (χ2v) is 4.33. The van der Waals surface area contributed by atoms with Crippen LogP contribution in [-0.4, -0.2) is 10.8 Å². The molecule has 1 heterocycles. The van der Waals surface area contributed by atoms with Gasteiger partial charge in [-0.1, -0.05) is 17.7 Å². The molecule has 0 saturated carbocycles. The van der Waals surface area contributed by atoms with Gasteiger partial charge in [-0.25, -0.2) is 4.98 Å². The molecule has 0 spiro atoms. The maximum atomic E-state index is 12.1. The van der Waals surface area contributed by atoms with Crippen LogP contribution in [0.4, 0.5) is 5.82 Å². The van der Waals surface area contributed by atoms with E-state index in [4.69, 9.17) is 17.3 Å². The number of carbonyl (C=O) groups excluding carboxylic acids is 1. The van der Waals surface area contributed by atoms with Crippen molar-refractivity contribution < 1.29 is 4.79 Å². The number of Topliss-reactive ketones (excluding diaryl/α,β-unsaturated/α-hetero) is 1. The molecule has 0 aromatic carbocycles. The molecule has 0 amide bonds. The van der Waals surface area contributed by atoms with E-state index in [1.54, 1.807) is 6.07 Å². The first-order valence-electron chi connectivity index (χ1n) is 5.33. The molecule has 1 aromatic heterocycles. The van der Waals surface area contributed by atoms with Crippen molar-refractivity contribution in [2.75, 3.05) is 5.73 Å². The standard InChI is InChI=1S/C12H13ClN2O/c13-9-6-10(12(14)15-7-9)11(16)8-4-2-1-3-5-8/h4,6-7H,1-3,5H2,(H2,14,15). The molecule has 84 valence electrons. The number of nitrogens with two attached hydrogens (primary N) is 1. The van der Waals surface area contributed by atoms with Crippen LogP contribution >= 0.6 is 11.6 Å². The SMILES string of the molecule is Nc1ncc(Cl)cc1C(=O)C1=CCCCC1. The van der Waals surface area contributed by atoms with Crippen molar-refractivity contribution in [2.24, 2.45) is 0 Å². The second-order valence-electron chi connectivity index (χ2n) is 3.89. The fraction of sp³-hybridized carbons (Fsp3) is 0.333. The largest absolute Gasteiger partial charge is 0.383 e. The number of nitrogen functional groups attached to an aromatic ring is 1. The van der Waals surface area contributed by atoms with E-state index in [0.29, 0.717) is 10.6 Å². The number of halogens is 1. The second kappa shape index (κ2) is 4.66. The molecule has 0 atom stereocenters. The Morgan fingerprint density at radius 3 is 2.94 bits per heavy atom. The van der Waals surface area contributed by atoms with Crippen molar-refractivity contribution >= 4 is 23.2 Å². The van der Waals surface area contributed by atoms with Crippen LogP contribution in [0.3, 0.4) is 0 Å². The Morgan fingerprint density at radius 1 is 1.44 bits per heavy atom. The average molecular weight is 237 g/mol. The number of rotatable bonds is 2. The number of hydrogen-bond donors (Lipinski definition) is 1. The van der Waals surface area contributed by atoms with Crippen LogP contribution in [-0.2, 0) is 0 Å². The van der Waals surface area contributed by atoms with Gasteiger partial charge in [0.2, 0.25) is 0 Å². The van der Waals surface area contributed by atoms with Crippen molar-refractivity contribution in [1.29, 1.82) is 0 Å². The molecule has 2 N–H and O–H groups in total. The molecule has 4 heteroatoms. The number of nitrogens with zero attached hydrogens (tertiary/aromatic N) is 1. The predicted octanol–water partition coefficient (Wildman–Crippen LogP) is 3.00. The fourth-order valence-electron chi connectivity index (χ4n) is 1.85. The van der Waals surface area contributed by atoms with Gasteiger partial charge in [-0.05, 0) is 37.3 Å². The van der Waals surface area contributed by atoms with E-state index in [-0.39, 0.29) is 11.6 Å². The summed E-state index contributed by atoms with van der Waals surface area (Å²) in [5.74, 6) is 0.216. The van der Waals surface area contributed by atoms with Crippen molar-refractivity contribution in [1.82, 2.24) is 4.98 Å². The monoisotopic (exact) mass is 236 g/mol. The zero-order chi connectivity index (χ0) is 11.5. The third-order valence-electron chi connectivity index (χ3n) is 2.71. The van der Waals surface area contributed by atoms with E-state index in [9.17, 15) is 4.79 Å². The van der Waals surface area contributed by atoms with E-state index in [2.05, 4.69) is 4.98 Å². The molecule has 0 aliphatic heterocycles. The Morgan fingerprint density at radius 2 is 2.25 bits per heavy atom. The summed E-state index contributed by atoms with van der Waals surface area (Å²) < 4.78 is 0. The van der Waals surface area contributed by atoms with Gasteiger partial charge >= 0.3 is 0 Å². The summed E-state index contributed by atoms with van der Waals surface area (Å²) in [6.07, 6.45) is 7.44. The first-order chi connectivity index (χ1) is 7.68. The quantitative estimate of drug-likeness (QED) is 0.803. The summed E-state index contributed by atoms with van der Waals surface area (Å²) >= 11 is 5.81. The molecule has 1 aliphatic carbocycles. The smallest absolute Gasteiger partial charge is 0.192 e. The van der Waals surface area contributed by atoms with Gasteiger partial charge in [0, 0.05) is 6.20 Å². The van der Waals surface area contributed by atoms with E-state index in [1.165, 1.54) is 6.20 Å². The maximum Gasteiger partial charge on any atom is 0.192 e. The van der Waals surface area contributed by atoms with Gasteiger partial charge in [0.25, 0.3) is 0 Å². The van der Waals surface area contributed by atoms with Gasteiger partial charge in [-0.2, -0.15) is 0 Å². The van der Waals surface area contributed by atoms with Gasteiger partial charge in [0.05, 0.1) is 10.6 Å². The highest BCUT2D eigenvalue weighted by Crippen LogP contribution is 2.24. The summed E-state index contributed by atoms with van der Waals surface area (Å²) in [5.41, 5.74) is 6.93. The molecular formula is C12H13ClN2O. The molecule has 1 aromatic rings. The van der Waals surface area contributed by atoms with Gasteiger partial charge in [-0.3, -0.25) is 4.79 Å². The first kappa shape index (κ1) is 11.1. The summed E-state index contributed by atoms with van der Waals surface area (Å²) in [6.45, 7) is 0. The van der Waals surface area contributed by atoms with Crippen LogP contribution in [0, 0.1) is 0 Å². The Labute approximate surface area is 99.3 Å². The highest BCUT2D eigenvalue weighted by molar-refractivity contribution is 6.31. The Balaban J connectivity index is 2.33. The average Bonchev–Trinajstić information content (AvgIpc) is 2.32. The lowest BCUT2D eigenvalue weighted by Gasteiger charge is -2.12. The van der Waals surface area contributed by atoms with E-state index in [1.807, 2.05) is 6.08 Å². The van der Waals surface area contributed by atoms with Crippen molar-refractivity contribution in [3.8, 4) is 0 Å². The third-order valence-corrected chi connectivity index (χ3v) is 2.92. The molecule has 2 rings (SSSR count). The number of hydrogen-bond acceptors (Lipinski definition) is 3. The summed E-state index contributed by atoms with van der Waals surface area (Å²) in [7, 11) is 0. The molecule has 0 bridgehead atoms. The molecule has 0 radical (unpaired) electrons. The summed E-state index contributed by atoms with van der Waals surface area (Å²) in [4.78, 5) is 16.0. The molecule has 3 nitrogen and oxygen atoms in total. The molecule has 0 saturated heterocycles. The Bertz CT molecular complexity index is 454. The predicted molar refractivity (Wildman–Crippen MR) is 64.5 cm³/mol. The minimum absolute atomic E-state index is 0.0350. The van der Waals surface area contributed by atoms with Crippen LogP contribution in [0.25, 0.3) is 0 Å². The minimum Gasteiger partial charge on any atom is -0.383 e. The lowest BCUT2D eigenvalue weighted by atomic mass is 9.93. The lowest BCUT2D eigenvalue weighted by Crippen LogP contribution is -2.10. The molecule has 0 fully saturated rings. The van der Waals surface area contributed by atoms with Crippen molar-refractivity contribution in [3.63, 3.8) is 0 Å². The fourth-order valence-corrected chi connectivity index (χ4v) is 2.01. The number of pyridine rings is 1. The number of aromatic nitrogens is 1. The first-order valence-corrected chi connectivity index (χ1v) is 5.71. The summed E-state index contributed by atoms with van der Waals surface area (Å²) in [6, 6.07) is 1.58. The molecular weight excluding hydrogens is 224 g/mol. The Hall–Kier alpha value is -1.35. The number of allylic oxidation sites excluding steroid dienone is 2.